The fourth-order valence-electron chi connectivity index (χ4n) is 4.57. The lowest BCUT2D eigenvalue weighted by Crippen LogP contribution is -2.42. The standard InChI is InChI=1S/C28H32N4O/c29-27(30)25-13-7-12-24(19-25)26(31-28(33)23-10-5-2-6-11-23)20-32-16-14-22(15-17-32)18-21-8-3-1-4-9-21/h1-13,19,22,26H,14-18,20H2,(H3,29,30)(H,31,33)/t26-/m0/s1. The molecule has 0 saturated carbocycles. The molecule has 5 nitrogen and oxygen atoms in total. The van der Waals surface area contributed by atoms with Gasteiger partial charge in [0.1, 0.15) is 5.84 Å². The smallest absolute Gasteiger partial charge is 0.251 e. The van der Waals surface area contributed by atoms with Crippen LogP contribution in [0.15, 0.2) is 84.9 Å². The van der Waals surface area contributed by atoms with Crippen molar-refractivity contribution in [3.05, 3.63) is 107 Å². The molecule has 4 N–H and O–H groups in total. The third-order valence-corrected chi connectivity index (χ3v) is 6.46. The van der Waals surface area contributed by atoms with Crippen molar-refractivity contribution in [2.24, 2.45) is 11.7 Å². The van der Waals surface area contributed by atoms with Gasteiger partial charge >= 0.3 is 0 Å². The minimum absolute atomic E-state index is 0.0340. The van der Waals surface area contributed by atoms with E-state index in [4.69, 9.17) is 11.1 Å². The molecule has 1 saturated heterocycles. The van der Waals surface area contributed by atoms with Gasteiger partial charge in [0.2, 0.25) is 0 Å². The molecular formula is C28H32N4O. The number of piperidine rings is 1. The van der Waals surface area contributed by atoms with Crippen molar-refractivity contribution < 1.29 is 4.79 Å². The summed E-state index contributed by atoms with van der Waals surface area (Å²) < 4.78 is 0. The molecule has 0 aliphatic carbocycles. The summed E-state index contributed by atoms with van der Waals surface area (Å²) in [6, 6.07) is 27.5. The van der Waals surface area contributed by atoms with E-state index < -0.39 is 0 Å². The number of amides is 1. The lowest BCUT2D eigenvalue weighted by molar-refractivity contribution is 0.0914. The highest BCUT2D eigenvalue weighted by molar-refractivity contribution is 5.95. The van der Waals surface area contributed by atoms with Gasteiger partial charge in [0, 0.05) is 17.7 Å². The topological polar surface area (TPSA) is 82.2 Å². The first kappa shape index (κ1) is 22.7. The molecule has 3 aromatic rings. The number of carbonyl (C=O) groups is 1. The number of nitrogens with one attached hydrogen (secondary N) is 2. The zero-order valence-electron chi connectivity index (χ0n) is 18.9. The van der Waals surface area contributed by atoms with Gasteiger partial charge in [-0.2, -0.15) is 0 Å². The van der Waals surface area contributed by atoms with Crippen molar-refractivity contribution in [2.75, 3.05) is 19.6 Å². The molecule has 0 spiro atoms. The fraction of sp³-hybridized carbons (Fsp3) is 0.286. The summed E-state index contributed by atoms with van der Waals surface area (Å²) in [6.07, 6.45) is 3.44. The van der Waals surface area contributed by atoms with Crippen LogP contribution >= 0.6 is 0 Å². The van der Waals surface area contributed by atoms with Crippen molar-refractivity contribution in [3.8, 4) is 0 Å². The Kier molecular flexibility index (Phi) is 7.53. The maximum atomic E-state index is 12.9. The van der Waals surface area contributed by atoms with Gasteiger partial charge in [0.25, 0.3) is 5.91 Å². The van der Waals surface area contributed by atoms with Crippen molar-refractivity contribution >= 4 is 11.7 Å². The van der Waals surface area contributed by atoms with Gasteiger partial charge in [-0.1, -0.05) is 66.7 Å². The molecule has 1 aliphatic rings. The minimum atomic E-state index is -0.178. The van der Waals surface area contributed by atoms with Gasteiger partial charge in [-0.3, -0.25) is 10.2 Å². The van der Waals surface area contributed by atoms with E-state index in [-0.39, 0.29) is 17.8 Å². The third kappa shape index (κ3) is 6.30. The van der Waals surface area contributed by atoms with E-state index in [0.29, 0.717) is 17.0 Å². The number of nitrogens with zero attached hydrogens (tertiary/aromatic N) is 1. The van der Waals surface area contributed by atoms with E-state index in [1.54, 1.807) is 0 Å². The summed E-state index contributed by atoms with van der Waals surface area (Å²) in [6.45, 7) is 2.77. The van der Waals surface area contributed by atoms with E-state index in [0.717, 1.165) is 44.5 Å². The number of nitrogens with two attached hydrogens (primary N) is 1. The lowest BCUT2D eigenvalue weighted by atomic mass is 9.90. The largest absolute Gasteiger partial charge is 0.384 e. The molecule has 0 bridgehead atoms. The number of carbonyl (C=O) groups excluding carboxylic acids is 1. The van der Waals surface area contributed by atoms with Gasteiger partial charge in [0.15, 0.2) is 0 Å². The number of hydrogen-bond acceptors (Lipinski definition) is 3. The van der Waals surface area contributed by atoms with Crippen LogP contribution < -0.4 is 11.1 Å². The highest BCUT2D eigenvalue weighted by Crippen LogP contribution is 2.24. The van der Waals surface area contributed by atoms with E-state index in [1.807, 2.05) is 54.6 Å². The number of rotatable bonds is 8. The molecule has 4 rings (SSSR count). The summed E-state index contributed by atoms with van der Waals surface area (Å²) in [5.41, 5.74) is 9.42. The lowest BCUT2D eigenvalue weighted by Gasteiger charge is -2.35. The number of likely N-dealkylation sites (tertiary alicyclic amines) is 1. The van der Waals surface area contributed by atoms with Crippen LogP contribution in [0.25, 0.3) is 0 Å². The Balaban J connectivity index is 1.44. The van der Waals surface area contributed by atoms with Crippen LogP contribution in [0.2, 0.25) is 0 Å². The first-order valence-corrected chi connectivity index (χ1v) is 11.6. The normalized spacial score (nSPS) is 15.6. The highest BCUT2D eigenvalue weighted by atomic mass is 16.1. The Morgan fingerprint density at radius 3 is 2.24 bits per heavy atom. The second kappa shape index (κ2) is 10.9. The Morgan fingerprint density at radius 2 is 1.58 bits per heavy atom. The maximum absolute atomic E-state index is 12.9. The van der Waals surface area contributed by atoms with Crippen LogP contribution in [0.4, 0.5) is 0 Å². The maximum Gasteiger partial charge on any atom is 0.251 e. The fourth-order valence-corrected chi connectivity index (χ4v) is 4.57. The SMILES string of the molecule is N=C(N)c1cccc([C@H](CN2CCC(Cc3ccccc3)CC2)NC(=O)c2ccccc2)c1. The Hall–Kier alpha value is -3.44. The summed E-state index contributed by atoms with van der Waals surface area (Å²) in [5.74, 6) is 0.640. The molecule has 1 aliphatic heterocycles. The highest BCUT2D eigenvalue weighted by Gasteiger charge is 2.24. The molecule has 1 fully saturated rings. The Labute approximate surface area is 196 Å². The van der Waals surface area contributed by atoms with Gasteiger partial charge in [-0.05, 0) is 67.6 Å². The average molecular weight is 441 g/mol. The Morgan fingerprint density at radius 1 is 0.939 bits per heavy atom. The first-order chi connectivity index (χ1) is 16.1. The first-order valence-electron chi connectivity index (χ1n) is 11.6. The van der Waals surface area contributed by atoms with Crippen LogP contribution in [0, 0.1) is 11.3 Å². The summed E-state index contributed by atoms with van der Waals surface area (Å²) >= 11 is 0. The van der Waals surface area contributed by atoms with E-state index in [9.17, 15) is 4.79 Å². The average Bonchev–Trinajstić information content (AvgIpc) is 2.86. The van der Waals surface area contributed by atoms with Crippen molar-refractivity contribution in [2.45, 2.75) is 25.3 Å². The van der Waals surface area contributed by atoms with Gasteiger partial charge in [-0.25, -0.2) is 0 Å². The van der Waals surface area contributed by atoms with Crippen LogP contribution in [0.1, 0.15) is 45.9 Å². The number of benzene rings is 3. The van der Waals surface area contributed by atoms with Gasteiger partial charge < -0.3 is 16.0 Å². The predicted molar refractivity (Wildman–Crippen MR) is 133 cm³/mol. The molecule has 3 aromatic carbocycles. The number of amidine groups is 1. The zero-order valence-corrected chi connectivity index (χ0v) is 18.9. The van der Waals surface area contributed by atoms with Crippen molar-refractivity contribution in [1.82, 2.24) is 10.2 Å². The van der Waals surface area contributed by atoms with Crippen LogP contribution in [0.5, 0.6) is 0 Å². The molecule has 1 heterocycles. The van der Waals surface area contributed by atoms with Gasteiger partial charge in [-0.15, -0.1) is 0 Å². The molecular weight excluding hydrogens is 408 g/mol. The second-order valence-corrected chi connectivity index (χ2v) is 8.86. The predicted octanol–water partition coefficient (Wildman–Crippen LogP) is 4.40. The van der Waals surface area contributed by atoms with Crippen molar-refractivity contribution in [3.63, 3.8) is 0 Å². The van der Waals surface area contributed by atoms with Crippen LogP contribution in [0.3, 0.4) is 0 Å². The molecule has 0 radical (unpaired) electrons. The summed E-state index contributed by atoms with van der Waals surface area (Å²) in [5, 5.41) is 11.0. The monoisotopic (exact) mass is 440 g/mol. The molecule has 170 valence electrons. The third-order valence-electron chi connectivity index (χ3n) is 6.46. The molecule has 0 unspecified atom stereocenters. The molecule has 0 aromatic heterocycles. The van der Waals surface area contributed by atoms with Crippen LogP contribution in [-0.4, -0.2) is 36.3 Å². The Bertz CT molecular complexity index is 1060. The number of hydrogen-bond donors (Lipinski definition) is 3. The van der Waals surface area contributed by atoms with Gasteiger partial charge in [0.05, 0.1) is 6.04 Å². The van der Waals surface area contributed by atoms with Crippen LogP contribution in [-0.2, 0) is 6.42 Å². The number of nitrogen functional groups attached to an aromatic ring is 1. The summed E-state index contributed by atoms with van der Waals surface area (Å²) in [7, 11) is 0. The molecule has 1 amide bonds. The van der Waals surface area contributed by atoms with E-state index >= 15 is 0 Å². The molecule has 5 heteroatoms. The van der Waals surface area contributed by atoms with E-state index in [2.05, 4.69) is 40.5 Å². The second-order valence-electron chi connectivity index (χ2n) is 8.86. The summed E-state index contributed by atoms with van der Waals surface area (Å²) in [4.78, 5) is 15.4. The molecule has 1 atom stereocenters. The van der Waals surface area contributed by atoms with E-state index in [1.165, 1.54) is 5.56 Å². The zero-order chi connectivity index (χ0) is 23.0. The van der Waals surface area contributed by atoms with Crippen molar-refractivity contribution in [1.29, 1.82) is 5.41 Å². The molecule has 33 heavy (non-hydrogen) atoms. The quantitative estimate of drug-likeness (QED) is 0.359. The minimum Gasteiger partial charge on any atom is -0.384 e.